The van der Waals surface area contributed by atoms with Gasteiger partial charge in [-0.1, -0.05) is 6.07 Å². The highest BCUT2D eigenvalue weighted by molar-refractivity contribution is 7.98. The van der Waals surface area contributed by atoms with E-state index in [2.05, 4.69) is 24.5 Å². The van der Waals surface area contributed by atoms with Crippen LogP contribution in [-0.2, 0) is 5.75 Å². The molecule has 0 spiro atoms. The zero-order valence-corrected chi connectivity index (χ0v) is 9.25. The third-order valence-electron chi connectivity index (χ3n) is 2.31. The van der Waals surface area contributed by atoms with Gasteiger partial charge in [-0.15, -0.1) is 11.8 Å². The lowest BCUT2D eigenvalue weighted by Gasteiger charge is -2.22. The van der Waals surface area contributed by atoms with Gasteiger partial charge in [0, 0.05) is 22.4 Å². The molecule has 70 valence electrons. The number of rotatable bonds is 1. The first kappa shape index (κ1) is 9.44. The Balaban J connectivity index is 2.41. The lowest BCUT2D eigenvalue weighted by Crippen LogP contribution is -2.18. The van der Waals surface area contributed by atoms with Crippen LogP contribution in [0.15, 0.2) is 23.1 Å². The molecule has 0 fully saturated rings. The van der Waals surface area contributed by atoms with Gasteiger partial charge in [0.2, 0.25) is 0 Å². The van der Waals surface area contributed by atoms with Crippen LogP contribution in [0.25, 0.3) is 0 Å². The molecule has 0 saturated heterocycles. The third kappa shape index (κ3) is 1.87. The van der Waals surface area contributed by atoms with Crippen LogP contribution < -0.4 is 5.73 Å². The van der Waals surface area contributed by atoms with Crippen molar-refractivity contribution in [3.05, 3.63) is 29.3 Å². The Morgan fingerprint density at radius 1 is 1.54 bits per heavy atom. The van der Waals surface area contributed by atoms with Crippen molar-refractivity contribution in [3.63, 3.8) is 0 Å². The molecule has 0 saturated carbocycles. The van der Waals surface area contributed by atoms with Gasteiger partial charge in [-0.2, -0.15) is 11.8 Å². The van der Waals surface area contributed by atoms with Crippen molar-refractivity contribution in [2.45, 2.75) is 16.7 Å². The van der Waals surface area contributed by atoms with Gasteiger partial charge in [0.25, 0.3) is 0 Å². The summed E-state index contributed by atoms with van der Waals surface area (Å²) in [5.41, 5.74) is 8.81. The minimum absolute atomic E-state index is 0.237. The van der Waals surface area contributed by atoms with Gasteiger partial charge in [-0.25, -0.2) is 0 Å². The summed E-state index contributed by atoms with van der Waals surface area (Å²) in [6.45, 7) is 0. The summed E-state index contributed by atoms with van der Waals surface area (Å²) in [5, 5.41) is 0. The maximum absolute atomic E-state index is 6.04. The zero-order valence-electron chi connectivity index (χ0n) is 7.62. The molecule has 1 aromatic rings. The molecule has 3 heteroatoms. The second-order valence-corrected chi connectivity index (χ2v) is 5.10. The third-order valence-corrected chi connectivity index (χ3v) is 4.14. The van der Waals surface area contributed by atoms with Crippen LogP contribution in [0.3, 0.4) is 0 Å². The summed E-state index contributed by atoms with van der Waals surface area (Å²) < 4.78 is 0. The van der Waals surface area contributed by atoms with Crippen LogP contribution in [0.2, 0.25) is 0 Å². The number of thioether (sulfide) groups is 2. The van der Waals surface area contributed by atoms with E-state index in [1.807, 2.05) is 11.8 Å². The highest BCUT2D eigenvalue weighted by atomic mass is 32.2. The van der Waals surface area contributed by atoms with Crippen molar-refractivity contribution in [3.8, 4) is 0 Å². The van der Waals surface area contributed by atoms with Gasteiger partial charge >= 0.3 is 0 Å². The van der Waals surface area contributed by atoms with E-state index in [1.165, 1.54) is 16.0 Å². The van der Waals surface area contributed by atoms with Crippen LogP contribution in [0.4, 0.5) is 0 Å². The molecule has 1 aromatic carbocycles. The number of hydrogen-bond donors (Lipinski definition) is 1. The Kier molecular flexibility index (Phi) is 2.86. The molecule has 1 aliphatic rings. The topological polar surface area (TPSA) is 26.0 Å². The molecule has 0 radical (unpaired) electrons. The SMILES string of the molecule is CSc1ccc2c(c1)[C@H](N)CSC2. The first-order valence-corrected chi connectivity index (χ1v) is 6.69. The summed E-state index contributed by atoms with van der Waals surface area (Å²) in [7, 11) is 0. The molecule has 2 N–H and O–H groups in total. The first-order valence-electron chi connectivity index (χ1n) is 4.31. The maximum Gasteiger partial charge on any atom is 0.0390 e. The lowest BCUT2D eigenvalue weighted by atomic mass is 10.0. The number of benzene rings is 1. The normalized spacial score (nSPS) is 21.2. The molecule has 1 heterocycles. The molecule has 0 bridgehead atoms. The van der Waals surface area contributed by atoms with Gasteiger partial charge in [0.15, 0.2) is 0 Å². The Labute approximate surface area is 87.5 Å². The fourth-order valence-corrected chi connectivity index (χ4v) is 3.05. The predicted octanol–water partition coefficient (Wildman–Crippen LogP) is 2.66. The molecule has 0 unspecified atom stereocenters. The summed E-state index contributed by atoms with van der Waals surface area (Å²) >= 11 is 3.71. The highest BCUT2D eigenvalue weighted by Gasteiger charge is 2.16. The Morgan fingerprint density at radius 2 is 2.38 bits per heavy atom. The number of hydrogen-bond acceptors (Lipinski definition) is 3. The summed E-state index contributed by atoms with van der Waals surface area (Å²) in [5.74, 6) is 2.18. The average Bonchev–Trinajstić information content (AvgIpc) is 2.18. The molecule has 1 nitrogen and oxygen atoms in total. The van der Waals surface area contributed by atoms with Crippen LogP contribution in [0.5, 0.6) is 0 Å². The molecular weight excluding hydrogens is 198 g/mol. The van der Waals surface area contributed by atoms with Crippen molar-refractivity contribution < 1.29 is 0 Å². The van der Waals surface area contributed by atoms with E-state index >= 15 is 0 Å². The molecule has 0 aliphatic carbocycles. The smallest absolute Gasteiger partial charge is 0.0390 e. The molecular formula is C10H13NS2. The van der Waals surface area contributed by atoms with Gasteiger partial charge in [0.1, 0.15) is 0 Å². The summed E-state index contributed by atoms with van der Waals surface area (Å²) in [6.07, 6.45) is 2.10. The van der Waals surface area contributed by atoms with E-state index in [4.69, 9.17) is 5.73 Å². The minimum atomic E-state index is 0.237. The van der Waals surface area contributed by atoms with Gasteiger partial charge in [0.05, 0.1) is 0 Å². The monoisotopic (exact) mass is 211 g/mol. The van der Waals surface area contributed by atoms with Gasteiger partial charge in [-0.05, 0) is 29.5 Å². The van der Waals surface area contributed by atoms with E-state index in [-0.39, 0.29) is 6.04 Å². The Morgan fingerprint density at radius 3 is 3.15 bits per heavy atom. The largest absolute Gasteiger partial charge is 0.323 e. The van der Waals surface area contributed by atoms with Crippen molar-refractivity contribution in [1.29, 1.82) is 0 Å². The Hall–Kier alpha value is -0.120. The quantitative estimate of drug-likeness (QED) is 0.723. The molecule has 1 atom stereocenters. The zero-order chi connectivity index (χ0) is 9.26. The van der Waals surface area contributed by atoms with E-state index < -0.39 is 0 Å². The van der Waals surface area contributed by atoms with Crippen LogP contribution >= 0.6 is 23.5 Å². The second kappa shape index (κ2) is 3.95. The number of fused-ring (bicyclic) bond motifs is 1. The first-order chi connectivity index (χ1) is 6.31. The van der Waals surface area contributed by atoms with Crippen LogP contribution in [-0.4, -0.2) is 12.0 Å². The maximum atomic E-state index is 6.04. The molecule has 1 aliphatic heterocycles. The summed E-state index contributed by atoms with van der Waals surface area (Å²) in [4.78, 5) is 1.32. The van der Waals surface area contributed by atoms with E-state index in [0.717, 1.165) is 11.5 Å². The second-order valence-electron chi connectivity index (χ2n) is 3.19. The standard InChI is InChI=1S/C10H13NS2/c1-12-8-3-2-7-5-13-6-10(11)9(7)4-8/h2-4,10H,5-6,11H2,1H3/t10-/m1/s1. The molecule has 0 amide bonds. The lowest BCUT2D eigenvalue weighted by molar-refractivity contribution is 0.805. The number of nitrogens with two attached hydrogens (primary N) is 1. The fraction of sp³-hybridized carbons (Fsp3) is 0.400. The van der Waals surface area contributed by atoms with Crippen molar-refractivity contribution in [2.75, 3.05) is 12.0 Å². The molecule has 13 heavy (non-hydrogen) atoms. The highest BCUT2D eigenvalue weighted by Crippen LogP contribution is 2.32. The van der Waals surface area contributed by atoms with E-state index in [0.29, 0.717) is 0 Å². The average molecular weight is 211 g/mol. The van der Waals surface area contributed by atoms with Crippen LogP contribution in [0, 0.1) is 0 Å². The van der Waals surface area contributed by atoms with Crippen molar-refractivity contribution in [1.82, 2.24) is 0 Å². The van der Waals surface area contributed by atoms with Gasteiger partial charge < -0.3 is 5.73 Å². The predicted molar refractivity (Wildman–Crippen MR) is 61.3 cm³/mol. The Bertz CT molecular complexity index is 312. The van der Waals surface area contributed by atoms with Crippen molar-refractivity contribution in [2.24, 2.45) is 5.73 Å². The van der Waals surface area contributed by atoms with Crippen LogP contribution in [0.1, 0.15) is 17.2 Å². The molecule has 0 aromatic heterocycles. The minimum Gasteiger partial charge on any atom is -0.323 e. The van der Waals surface area contributed by atoms with Gasteiger partial charge in [-0.3, -0.25) is 0 Å². The summed E-state index contributed by atoms with van der Waals surface area (Å²) in [6, 6.07) is 6.88. The molecule has 2 rings (SSSR count). The van der Waals surface area contributed by atoms with E-state index in [1.54, 1.807) is 11.8 Å². The fourth-order valence-electron chi connectivity index (χ4n) is 1.56. The van der Waals surface area contributed by atoms with Crippen molar-refractivity contribution >= 4 is 23.5 Å². The van der Waals surface area contributed by atoms with E-state index in [9.17, 15) is 0 Å².